The van der Waals surface area contributed by atoms with Crippen molar-refractivity contribution in [3.05, 3.63) is 47.1 Å². The minimum Gasteiger partial charge on any atom is -0.489 e. The summed E-state index contributed by atoms with van der Waals surface area (Å²) >= 11 is 0. The molecule has 9 atom stereocenters. The number of furan rings is 1. The number of methoxy groups -OCH3 is 1. The first-order valence-electron chi connectivity index (χ1n) is 12.9. The van der Waals surface area contributed by atoms with Crippen molar-refractivity contribution in [3.63, 3.8) is 0 Å². The van der Waals surface area contributed by atoms with Crippen molar-refractivity contribution < 1.29 is 52.4 Å². The minimum absolute atomic E-state index is 0.0412. The van der Waals surface area contributed by atoms with Gasteiger partial charge in [0.2, 0.25) is 0 Å². The SMILES string of the molecule is COC(=O)C[C@H]1C[C@H](OC(C)=O)[C@H](OC(C)=O)[C@@H]2OC3=C(C)C4=CC(=O)O[C@@H](c5ccoc5)[C@H]4[C@@H](O)[C@@H]3[C@]12C. The van der Waals surface area contributed by atoms with Crippen molar-refractivity contribution in [1.82, 2.24) is 0 Å². The largest absolute Gasteiger partial charge is 0.489 e. The number of carbonyl (C=O) groups excluding carboxylic acids is 4. The summed E-state index contributed by atoms with van der Waals surface area (Å²) in [5.41, 5.74) is 0.855. The fraction of sp³-hybridized carbons (Fsp3) is 0.571. The van der Waals surface area contributed by atoms with E-state index in [9.17, 15) is 24.3 Å². The molecule has 1 saturated heterocycles. The van der Waals surface area contributed by atoms with E-state index in [0.717, 1.165) is 0 Å². The Morgan fingerprint density at radius 1 is 1.15 bits per heavy atom. The van der Waals surface area contributed by atoms with Gasteiger partial charge in [0.05, 0.1) is 37.6 Å². The van der Waals surface area contributed by atoms with Crippen LogP contribution in [0.1, 0.15) is 52.2 Å². The van der Waals surface area contributed by atoms with Crippen LogP contribution in [0, 0.1) is 23.2 Å². The van der Waals surface area contributed by atoms with Crippen molar-refractivity contribution in [2.24, 2.45) is 23.2 Å². The molecular weight excluding hydrogens is 512 g/mol. The quantitative estimate of drug-likeness (QED) is 0.431. The minimum atomic E-state index is -1.11. The Labute approximate surface area is 225 Å². The number of rotatable bonds is 5. The molecule has 5 rings (SSSR count). The van der Waals surface area contributed by atoms with E-state index in [4.69, 9.17) is 28.1 Å². The summed E-state index contributed by atoms with van der Waals surface area (Å²) in [6, 6.07) is 1.68. The molecule has 0 spiro atoms. The van der Waals surface area contributed by atoms with Crippen LogP contribution in [0.3, 0.4) is 0 Å². The zero-order chi connectivity index (χ0) is 28.2. The van der Waals surface area contributed by atoms with E-state index in [1.54, 1.807) is 13.0 Å². The number of esters is 4. The summed E-state index contributed by atoms with van der Waals surface area (Å²) in [5, 5.41) is 12.1. The van der Waals surface area contributed by atoms with E-state index in [1.165, 1.54) is 39.6 Å². The fourth-order valence-electron chi connectivity index (χ4n) is 7.06. The van der Waals surface area contributed by atoms with Crippen molar-refractivity contribution in [3.8, 4) is 0 Å². The lowest BCUT2D eigenvalue weighted by Crippen LogP contribution is -2.60. The normalized spacial score (nSPS) is 36.9. The van der Waals surface area contributed by atoms with Crippen LogP contribution in [0.5, 0.6) is 0 Å². The molecule has 1 aromatic rings. The number of ether oxygens (including phenoxy) is 5. The summed E-state index contributed by atoms with van der Waals surface area (Å²) in [6.45, 7) is 6.19. The Kier molecular flexibility index (Phi) is 6.82. The maximum atomic E-state index is 12.6. The first-order valence-corrected chi connectivity index (χ1v) is 12.9. The lowest BCUT2D eigenvalue weighted by atomic mass is 9.53. The first kappa shape index (κ1) is 27.0. The Hall–Kier alpha value is -3.60. The number of carbonyl (C=O) groups is 4. The average molecular weight is 545 g/mol. The van der Waals surface area contributed by atoms with Gasteiger partial charge in [-0.3, -0.25) is 14.4 Å². The highest BCUT2D eigenvalue weighted by Gasteiger charge is 2.69. The van der Waals surface area contributed by atoms with Crippen LogP contribution in [0.4, 0.5) is 0 Å². The van der Waals surface area contributed by atoms with Gasteiger partial charge >= 0.3 is 23.9 Å². The molecule has 11 heteroatoms. The van der Waals surface area contributed by atoms with Gasteiger partial charge in [0.1, 0.15) is 24.1 Å². The second-order valence-corrected chi connectivity index (χ2v) is 10.8. The molecule has 210 valence electrons. The Balaban J connectivity index is 1.65. The van der Waals surface area contributed by atoms with E-state index in [-0.39, 0.29) is 12.8 Å². The first-order chi connectivity index (χ1) is 18.5. The van der Waals surface area contributed by atoms with E-state index in [0.29, 0.717) is 22.5 Å². The lowest BCUT2D eigenvalue weighted by Gasteiger charge is -2.51. The van der Waals surface area contributed by atoms with Gasteiger partial charge in [0.15, 0.2) is 6.10 Å². The van der Waals surface area contributed by atoms with E-state index in [2.05, 4.69) is 0 Å². The monoisotopic (exact) mass is 544 g/mol. The van der Waals surface area contributed by atoms with Crippen molar-refractivity contribution in [2.75, 3.05) is 7.11 Å². The highest BCUT2D eigenvalue weighted by molar-refractivity contribution is 5.85. The zero-order valence-electron chi connectivity index (χ0n) is 22.4. The summed E-state index contributed by atoms with van der Waals surface area (Å²) in [7, 11) is 1.29. The standard InChI is InChI=1S/C28H32O11/c1-12-17-10-20(32)38-25(15-6-7-35-11-15)21(17)23(33)22-24(12)39-27-26(37-14(3)30)18(36-13(2)29)8-16(28(22,27)4)9-19(31)34-5/h6-7,10-11,16,18,21-23,25-27,33H,8-9H2,1-5H3/t16-,18+,21-,22+,23-,25+,26+,27+,28+/m1/s1. The third-order valence-electron chi connectivity index (χ3n) is 8.73. The van der Waals surface area contributed by atoms with E-state index in [1.807, 2.05) is 6.92 Å². The van der Waals surface area contributed by atoms with Crippen molar-refractivity contribution in [2.45, 2.75) is 71.1 Å². The molecule has 0 amide bonds. The predicted molar refractivity (Wildman–Crippen MR) is 130 cm³/mol. The van der Waals surface area contributed by atoms with Crippen LogP contribution in [0.25, 0.3) is 0 Å². The van der Waals surface area contributed by atoms with Crippen LogP contribution in [-0.4, -0.2) is 60.5 Å². The highest BCUT2D eigenvalue weighted by atomic mass is 16.6. The number of aliphatic hydroxyl groups excluding tert-OH is 1. The number of hydrogen-bond acceptors (Lipinski definition) is 11. The molecule has 4 aliphatic rings. The summed E-state index contributed by atoms with van der Waals surface area (Å²) in [4.78, 5) is 49.3. The summed E-state index contributed by atoms with van der Waals surface area (Å²) in [5.74, 6) is -3.56. The molecule has 3 heterocycles. The van der Waals surface area contributed by atoms with Gasteiger partial charge < -0.3 is 33.2 Å². The molecular formula is C28H32O11. The van der Waals surface area contributed by atoms with Crippen LogP contribution < -0.4 is 0 Å². The number of cyclic esters (lactones) is 1. The Bertz CT molecular complexity index is 1240. The molecule has 2 fully saturated rings. The maximum absolute atomic E-state index is 12.6. The number of hydrogen-bond donors (Lipinski definition) is 1. The molecule has 0 bridgehead atoms. The van der Waals surface area contributed by atoms with Gasteiger partial charge in [-0.1, -0.05) is 6.92 Å². The smallest absolute Gasteiger partial charge is 0.331 e. The Morgan fingerprint density at radius 3 is 2.49 bits per heavy atom. The van der Waals surface area contributed by atoms with Gasteiger partial charge in [-0.15, -0.1) is 0 Å². The molecule has 0 unspecified atom stereocenters. The molecule has 1 N–H and O–H groups in total. The number of aliphatic hydroxyl groups is 1. The molecule has 0 aromatic carbocycles. The maximum Gasteiger partial charge on any atom is 0.331 e. The van der Waals surface area contributed by atoms with Gasteiger partial charge in [0.25, 0.3) is 0 Å². The van der Waals surface area contributed by atoms with Crippen LogP contribution in [-0.2, 0) is 42.9 Å². The van der Waals surface area contributed by atoms with Gasteiger partial charge in [-0.2, -0.15) is 0 Å². The number of allylic oxidation sites excluding steroid dienone is 1. The zero-order valence-corrected chi connectivity index (χ0v) is 22.4. The van der Waals surface area contributed by atoms with Crippen LogP contribution in [0.15, 0.2) is 46.0 Å². The van der Waals surface area contributed by atoms with E-state index < -0.39 is 77.6 Å². The molecule has 2 aliphatic heterocycles. The molecule has 11 nitrogen and oxygen atoms in total. The van der Waals surface area contributed by atoms with Crippen LogP contribution in [0.2, 0.25) is 0 Å². The second kappa shape index (κ2) is 9.86. The third kappa shape index (κ3) is 4.32. The number of fused-ring (bicyclic) bond motifs is 4. The summed E-state index contributed by atoms with van der Waals surface area (Å²) in [6.07, 6.45) is -0.257. The van der Waals surface area contributed by atoms with E-state index >= 15 is 0 Å². The van der Waals surface area contributed by atoms with Crippen LogP contribution >= 0.6 is 0 Å². The topological polar surface area (TPSA) is 148 Å². The molecule has 2 aliphatic carbocycles. The average Bonchev–Trinajstić information content (AvgIpc) is 3.51. The third-order valence-corrected chi connectivity index (χ3v) is 8.73. The lowest BCUT2D eigenvalue weighted by molar-refractivity contribution is -0.203. The fourth-order valence-corrected chi connectivity index (χ4v) is 7.06. The van der Waals surface area contributed by atoms with Crippen molar-refractivity contribution in [1.29, 1.82) is 0 Å². The molecule has 1 aromatic heterocycles. The molecule has 1 saturated carbocycles. The summed E-state index contributed by atoms with van der Waals surface area (Å²) < 4.78 is 33.7. The van der Waals surface area contributed by atoms with Gasteiger partial charge in [-0.25, -0.2) is 4.79 Å². The highest BCUT2D eigenvalue weighted by Crippen LogP contribution is 2.64. The molecule has 0 radical (unpaired) electrons. The molecule has 39 heavy (non-hydrogen) atoms. The van der Waals surface area contributed by atoms with Gasteiger partial charge in [-0.05, 0) is 36.5 Å². The van der Waals surface area contributed by atoms with Gasteiger partial charge in [0, 0.05) is 37.3 Å². The predicted octanol–water partition coefficient (Wildman–Crippen LogP) is 2.54. The second-order valence-electron chi connectivity index (χ2n) is 10.8. The Morgan fingerprint density at radius 2 is 1.87 bits per heavy atom. The van der Waals surface area contributed by atoms with Crippen molar-refractivity contribution >= 4 is 23.9 Å².